The van der Waals surface area contributed by atoms with Crippen molar-refractivity contribution in [1.82, 2.24) is 9.80 Å². The van der Waals surface area contributed by atoms with Gasteiger partial charge in [-0.3, -0.25) is 14.4 Å². The Labute approximate surface area is 247 Å². The van der Waals surface area contributed by atoms with E-state index in [0.29, 0.717) is 25.8 Å². The Morgan fingerprint density at radius 3 is 2.37 bits per heavy atom. The highest BCUT2D eigenvalue weighted by molar-refractivity contribution is 5.99. The Kier molecular flexibility index (Phi) is 9.61. The van der Waals surface area contributed by atoms with Gasteiger partial charge in [0.15, 0.2) is 0 Å². The zero-order chi connectivity index (χ0) is 31.1. The molecule has 0 aromatic heterocycles. The van der Waals surface area contributed by atoms with Gasteiger partial charge in [0, 0.05) is 12.1 Å². The van der Waals surface area contributed by atoms with Crippen molar-refractivity contribution in [2.24, 2.45) is 29.1 Å². The van der Waals surface area contributed by atoms with Gasteiger partial charge in [0.2, 0.25) is 11.8 Å². The highest BCUT2D eigenvalue weighted by Crippen LogP contribution is 2.66. The van der Waals surface area contributed by atoms with Crippen LogP contribution in [0.1, 0.15) is 88.0 Å². The van der Waals surface area contributed by atoms with Crippen molar-refractivity contribution in [3.8, 4) is 0 Å². The van der Waals surface area contributed by atoms with Gasteiger partial charge in [-0.15, -0.1) is 13.2 Å². The van der Waals surface area contributed by atoms with Gasteiger partial charge >= 0.3 is 5.97 Å². The molecule has 41 heavy (non-hydrogen) atoms. The van der Waals surface area contributed by atoms with Crippen LogP contribution in [0.5, 0.6) is 0 Å². The molecule has 3 rings (SSSR count). The average molecular weight is 575 g/mol. The molecule has 0 aromatic carbocycles. The number of esters is 1. The lowest BCUT2D eigenvalue weighted by Crippen LogP contribution is -2.62. The monoisotopic (exact) mass is 574 g/mol. The Morgan fingerprint density at radius 2 is 1.85 bits per heavy atom. The molecule has 3 aliphatic heterocycles. The van der Waals surface area contributed by atoms with Crippen LogP contribution < -0.4 is 0 Å². The van der Waals surface area contributed by atoms with Gasteiger partial charge in [0.25, 0.3) is 0 Å². The largest absolute Gasteiger partial charge is 0.465 e. The number of fused-ring (bicyclic) bond motifs is 1. The number of ether oxygens (including phenoxy) is 2. The minimum atomic E-state index is -1.20. The van der Waals surface area contributed by atoms with E-state index in [9.17, 15) is 19.5 Å². The summed E-state index contributed by atoms with van der Waals surface area (Å²) in [6.45, 7) is 26.3. The van der Waals surface area contributed by atoms with Crippen LogP contribution in [-0.4, -0.2) is 81.3 Å². The third kappa shape index (κ3) is 5.88. The van der Waals surface area contributed by atoms with Crippen molar-refractivity contribution in [3.63, 3.8) is 0 Å². The fourth-order valence-corrected chi connectivity index (χ4v) is 8.17. The van der Waals surface area contributed by atoms with Crippen molar-refractivity contribution in [2.45, 2.75) is 117 Å². The molecular weight excluding hydrogens is 520 g/mol. The van der Waals surface area contributed by atoms with Crippen molar-refractivity contribution in [3.05, 3.63) is 25.3 Å². The van der Waals surface area contributed by atoms with Crippen LogP contribution in [0.4, 0.5) is 0 Å². The number of carbonyl (C=O) groups is 3. The van der Waals surface area contributed by atoms with Gasteiger partial charge in [-0.05, 0) is 63.7 Å². The fraction of sp³-hybridized carbons (Fsp3) is 0.788. The second-order valence-corrected chi connectivity index (χ2v) is 14.9. The molecule has 8 heteroatoms. The van der Waals surface area contributed by atoms with E-state index in [2.05, 4.69) is 33.9 Å². The van der Waals surface area contributed by atoms with Crippen LogP contribution in [0.15, 0.2) is 25.3 Å². The topological polar surface area (TPSA) is 96.4 Å². The summed E-state index contributed by atoms with van der Waals surface area (Å²) in [6, 6.07) is -1.57. The normalized spacial score (nSPS) is 31.8. The molecule has 7 atom stereocenters. The molecule has 2 bridgehead atoms. The number of hydrogen-bond donors (Lipinski definition) is 1. The van der Waals surface area contributed by atoms with Gasteiger partial charge in [0.05, 0.1) is 30.8 Å². The summed E-state index contributed by atoms with van der Waals surface area (Å²) in [6.07, 6.45) is 5.60. The van der Waals surface area contributed by atoms with Gasteiger partial charge in [-0.25, -0.2) is 0 Å². The number of likely N-dealkylation sites (tertiary alicyclic amines) is 1. The molecule has 3 fully saturated rings. The van der Waals surface area contributed by atoms with E-state index >= 15 is 0 Å². The Balaban J connectivity index is 2.19. The Hall–Kier alpha value is -2.19. The van der Waals surface area contributed by atoms with Crippen molar-refractivity contribution in [2.75, 3.05) is 19.8 Å². The van der Waals surface area contributed by atoms with Crippen LogP contribution in [0, 0.1) is 29.1 Å². The smallest absolute Gasteiger partial charge is 0.312 e. The van der Waals surface area contributed by atoms with Crippen LogP contribution in [0.25, 0.3) is 0 Å². The van der Waals surface area contributed by atoms with E-state index in [1.165, 1.54) is 0 Å². The first-order chi connectivity index (χ1) is 18.9. The number of hydrogen-bond acceptors (Lipinski definition) is 6. The maximum absolute atomic E-state index is 14.9. The number of carbonyl (C=O) groups excluding carboxylic acids is 3. The molecule has 1 spiro atoms. The molecule has 3 aliphatic rings. The van der Waals surface area contributed by atoms with E-state index in [1.54, 1.807) is 17.1 Å². The molecule has 1 N–H and O–H groups in total. The third-order valence-corrected chi connectivity index (χ3v) is 9.43. The maximum Gasteiger partial charge on any atom is 0.312 e. The molecule has 0 radical (unpaired) electrons. The number of aliphatic hydroxyl groups is 1. The van der Waals surface area contributed by atoms with Gasteiger partial charge < -0.3 is 24.4 Å². The summed E-state index contributed by atoms with van der Waals surface area (Å²) >= 11 is 0. The first-order valence-corrected chi connectivity index (χ1v) is 15.2. The second kappa shape index (κ2) is 11.8. The molecule has 3 unspecified atom stereocenters. The SMILES string of the molecule is C=CCCOC(=O)[C@H]1[C@H]2C(=O)N([C@@H](CO)CC(C)C)C(C(=O)N(CC=C)C(C)(C)CC(C)(C)C)C23CC(C)[C@]1(C)O3. The van der Waals surface area contributed by atoms with Crippen molar-refractivity contribution >= 4 is 17.8 Å². The van der Waals surface area contributed by atoms with E-state index < -0.39 is 46.6 Å². The van der Waals surface area contributed by atoms with E-state index in [-0.39, 0.29) is 42.3 Å². The molecule has 0 saturated carbocycles. The lowest BCUT2D eigenvalue weighted by molar-refractivity contribution is -0.165. The maximum atomic E-state index is 14.9. The standard InChI is InChI=1S/C33H54N2O6/c1-12-14-16-40-29(39)25-24-27(37)35(23(19-36)17-21(3)4)26(33(24)18-22(5)32(25,11)41-33)28(38)34(15-13-2)31(9,10)20-30(6,7)8/h12-13,21-26,36H,1-2,14-20H2,3-11H3/t22?,23-,24+,25-,26?,32+,33?/m1/s1. The quantitative estimate of drug-likeness (QED) is 0.194. The zero-order valence-electron chi connectivity index (χ0n) is 26.9. The average Bonchev–Trinajstić information content (AvgIpc) is 3.35. The lowest BCUT2D eigenvalue weighted by Gasteiger charge is -2.46. The number of rotatable bonds is 13. The van der Waals surface area contributed by atoms with Crippen LogP contribution >= 0.6 is 0 Å². The number of amides is 2. The van der Waals surface area contributed by atoms with Crippen molar-refractivity contribution in [1.29, 1.82) is 0 Å². The van der Waals surface area contributed by atoms with Gasteiger partial charge in [-0.2, -0.15) is 0 Å². The van der Waals surface area contributed by atoms with Crippen LogP contribution in [-0.2, 0) is 23.9 Å². The molecule has 3 saturated heterocycles. The molecule has 0 aliphatic carbocycles. The highest BCUT2D eigenvalue weighted by atomic mass is 16.6. The van der Waals surface area contributed by atoms with Gasteiger partial charge in [0.1, 0.15) is 17.6 Å². The summed E-state index contributed by atoms with van der Waals surface area (Å²) in [5, 5.41) is 10.6. The van der Waals surface area contributed by atoms with E-state index in [1.807, 2.05) is 46.4 Å². The third-order valence-electron chi connectivity index (χ3n) is 9.43. The minimum absolute atomic E-state index is 0.0644. The molecular formula is C33H54N2O6. The summed E-state index contributed by atoms with van der Waals surface area (Å²) in [4.78, 5) is 46.5. The summed E-state index contributed by atoms with van der Waals surface area (Å²) < 4.78 is 12.5. The lowest BCUT2D eigenvalue weighted by atomic mass is 9.62. The molecule has 3 heterocycles. The first kappa shape index (κ1) is 33.3. The number of nitrogens with zero attached hydrogens (tertiary/aromatic N) is 2. The van der Waals surface area contributed by atoms with Crippen LogP contribution in [0.3, 0.4) is 0 Å². The predicted octanol–water partition coefficient (Wildman–Crippen LogP) is 4.75. The molecule has 0 aromatic rings. The van der Waals surface area contributed by atoms with Crippen molar-refractivity contribution < 1.29 is 29.0 Å². The Morgan fingerprint density at radius 1 is 1.22 bits per heavy atom. The summed E-state index contributed by atoms with van der Waals surface area (Å²) in [7, 11) is 0. The minimum Gasteiger partial charge on any atom is -0.465 e. The zero-order valence-corrected chi connectivity index (χ0v) is 26.9. The fourth-order valence-electron chi connectivity index (χ4n) is 8.17. The molecule has 2 amide bonds. The predicted molar refractivity (Wildman–Crippen MR) is 160 cm³/mol. The van der Waals surface area contributed by atoms with E-state index in [0.717, 1.165) is 6.42 Å². The first-order valence-electron chi connectivity index (χ1n) is 15.2. The molecule has 232 valence electrons. The Bertz CT molecular complexity index is 1030. The second-order valence-electron chi connectivity index (χ2n) is 14.9. The highest BCUT2D eigenvalue weighted by Gasteiger charge is 2.81. The van der Waals surface area contributed by atoms with Crippen LogP contribution in [0.2, 0.25) is 0 Å². The summed E-state index contributed by atoms with van der Waals surface area (Å²) in [5.74, 6) is -2.65. The van der Waals surface area contributed by atoms with E-state index in [4.69, 9.17) is 9.47 Å². The number of aliphatic hydroxyl groups excluding tert-OH is 1. The molecule has 8 nitrogen and oxygen atoms in total. The van der Waals surface area contributed by atoms with Gasteiger partial charge in [-0.1, -0.05) is 53.7 Å². The summed E-state index contributed by atoms with van der Waals surface area (Å²) in [5.41, 5.74) is -2.78.